The molecule has 1 heterocycles. The summed E-state index contributed by atoms with van der Waals surface area (Å²) in [5.74, 6) is 0.270. The Morgan fingerprint density at radius 2 is 1.91 bits per heavy atom. The van der Waals surface area contributed by atoms with Crippen molar-refractivity contribution >= 4 is 5.91 Å². The maximum atomic E-state index is 12.7. The molecular weight excluding hydrogens is 416 g/mol. The molecule has 6 nitrogen and oxygen atoms in total. The van der Waals surface area contributed by atoms with Gasteiger partial charge in [0.2, 0.25) is 5.91 Å². The van der Waals surface area contributed by atoms with E-state index < -0.39 is 0 Å². The third-order valence-electron chi connectivity index (χ3n) is 7.15. The number of benzene rings is 2. The van der Waals surface area contributed by atoms with Crippen LogP contribution in [0, 0.1) is 5.92 Å². The average molecular weight is 453 g/mol. The number of hydrogen-bond donors (Lipinski definition) is 2. The van der Waals surface area contributed by atoms with Gasteiger partial charge in [0.05, 0.1) is 25.4 Å². The lowest BCUT2D eigenvalue weighted by Gasteiger charge is -2.44. The van der Waals surface area contributed by atoms with Gasteiger partial charge in [-0.2, -0.15) is 0 Å². The molecule has 0 bridgehead atoms. The van der Waals surface area contributed by atoms with Gasteiger partial charge >= 0.3 is 0 Å². The molecule has 1 fully saturated rings. The number of carbonyl (C=O) groups is 1. The summed E-state index contributed by atoms with van der Waals surface area (Å²) in [5.41, 5.74) is 3.45. The molecule has 0 unspecified atom stereocenters. The van der Waals surface area contributed by atoms with Crippen molar-refractivity contribution in [3.05, 3.63) is 65.2 Å². The maximum absolute atomic E-state index is 12.7. The zero-order valence-electron chi connectivity index (χ0n) is 19.9. The van der Waals surface area contributed by atoms with E-state index in [9.17, 15) is 9.90 Å². The largest absolute Gasteiger partial charge is 0.508 e. The summed E-state index contributed by atoms with van der Waals surface area (Å²) in [6.45, 7) is 7.54. The van der Waals surface area contributed by atoms with E-state index in [0.717, 1.165) is 38.0 Å². The van der Waals surface area contributed by atoms with E-state index in [1.54, 1.807) is 13.2 Å². The number of ether oxygens (including phenoxy) is 2. The third kappa shape index (κ3) is 4.93. The molecule has 33 heavy (non-hydrogen) atoms. The highest BCUT2D eigenvalue weighted by molar-refractivity contribution is 5.78. The van der Waals surface area contributed by atoms with Gasteiger partial charge in [0.15, 0.2) is 0 Å². The van der Waals surface area contributed by atoms with E-state index in [0.29, 0.717) is 19.0 Å². The van der Waals surface area contributed by atoms with Crippen LogP contribution in [0.2, 0.25) is 0 Å². The number of nitrogens with one attached hydrogen (secondary N) is 1. The second kappa shape index (κ2) is 10.2. The summed E-state index contributed by atoms with van der Waals surface area (Å²) in [5, 5.41) is 13.1. The molecule has 1 aliphatic carbocycles. The predicted octanol–water partition coefficient (Wildman–Crippen LogP) is 3.78. The van der Waals surface area contributed by atoms with Crippen LogP contribution in [0.5, 0.6) is 5.75 Å². The zero-order valence-corrected chi connectivity index (χ0v) is 19.9. The van der Waals surface area contributed by atoms with Crippen LogP contribution in [0.4, 0.5) is 0 Å². The quantitative estimate of drug-likeness (QED) is 0.597. The second-order valence-corrected chi connectivity index (χ2v) is 9.61. The Kier molecular flexibility index (Phi) is 7.37. The van der Waals surface area contributed by atoms with Gasteiger partial charge in [-0.25, -0.2) is 0 Å². The average Bonchev–Trinajstić information content (AvgIpc) is 3.05. The molecule has 2 aliphatic rings. The molecule has 0 radical (unpaired) electrons. The summed E-state index contributed by atoms with van der Waals surface area (Å²) in [7, 11) is 1.68. The lowest BCUT2D eigenvalue weighted by atomic mass is 9.71. The lowest BCUT2D eigenvalue weighted by molar-refractivity contribution is -0.127. The van der Waals surface area contributed by atoms with Crippen LogP contribution in [0.25, 0.3) is 0 Å². The molecule has 1 saturated heterocycles. The first-order valence-electron chi connectivity index (χ1n) is 11.9. The van der Waals surface area contributed by atoms with Crippen molar-refractivity contribution in [2.45, 2.75) is 50.8 Å². The number of fused-ring (bicyclic) bond motifs is 2. The van der Waals surface area contributed by atoms with Crippen molar-refractivity contribution in [3.8, 4) is 5.75 Å². The fraction of sp³-hybridized carbons (Fsp3) is 0.519. The smallest absolute Gasteiger partial charge is 0.223 e. The zero-order chi connectivity index (χ0) is 23.4. The number of rotatable bonds is 8. The molecule has 2 atom stereocenters. The van der Waals surface area contributed by atoms with Gasteiger partial charge < -0.3 is 19.9 Å². The fourth-order valence-corrected chi connectivity index (χ4v) is 5.42. The van der Waals surface area contributed by atoms with Crippen molar-refractivity contribution < 1.29 is 19.4 Å². The number of phenols is 1. The Hall–Kier alpha value is -2.41. The van der Waals surface area contributed by atoms with Crippen LogP contribution in [0.1, 0.15) is 49.4 Å². The summed E-state index contributed by atoms with van der Waals surface area (Å²) in [6.07, 6.45) is 1.78. The van der Waals surface area contributed by atoms with Gasteiger partial charge in [0.25, 0.3) is 0 Å². The van der Waals surface area contributed by atoms with E-state index >= 15 is 0 Å². The number of nitrogens with zero attached hydrogens (tertiary/aromatic N) is 1. The number of carbonyl (C=O) groups excluding carboxylic acids is 1. The third-order valence-corrected chi connectivity index (χ3v) is 7.15. The molecule has 1 aliphatic heterocycles. The van der Waals surface area contributed by atoms with Gasteiger partial charge in [0, 0.05) is 25.0 Å². The standard InChI is InChI=1S/C27H36N2O4/c1-19(2)26(31)28-24-22-9-4-5-10-23(22)27(25(24)33-16-15-32-3)11-13-29(14-12-27)18-20-7-6-8-21(30)17-20/h4-10,17,19,24-25,30H,11-16,18H2,1-3H3,(H,28,31)/t24-,25+/m1/s1. The highest BCUT2D eigenvalue weighted by Crippen LogP contribution is 2.52. The van der Waals surface area contributed by atoms with Crippen LogP contribution < -0.4 is 5.32 Å². The van der Waals surface area contributed by atoms with E-state index in [1.165, 1.54) is 11.1 Å². The first-order valence-corrected chi connectivity index (χ1v) is 11.9. The van der Waals surface area contributed by atoms with E-state index in [2.05, 4.69) is 40.5 Å². The lowest BCUT2D eigenvalue weighted by Crippen LogP contribution is -2.51. The Bertz CT molecular complexity index is 953. The first kappa shape index (κ1) is 23.7. The van der Waals surface area contributed by atoms with E-state index in [-0.39, 0.29) is 29.4 Å². The van der Waals surface area contributed by atoms with Crippen LogP contribution >= 0.6 is 0 Å². The molecule has 1 amide bonds. The van der Waals surface area contributed by atoms with Gasteiger partial charge in [-0.3, -0.25) is 9.69 Å². The van der Waals surface area contributed by atoms with Crippen molar-refractivity contribution in [1.29, 1.82) is 0 Å². The molecular formula is C27H36N2O4. The number of methoxy groups -OCH3 is 1. The van der Waals surface area contributed by atoms with Crippen LogP contribution in [0.3, 0.4) is 0 Å². The Balaban J connectivity index is 1.58. The van der Waals surface area contributed by atoms with Crippen molar-refractivity contribution in [3.63, 3.8) is 0 Å². The molecule has 0 saturated carbocycles. The number of piperidine rings is 1. The second-order valence-electron chi connectivity index (χ2n) is 9.61. The van der Waals surface area contributed by atoms with Crippen LogP contribution in [-0.4, -0.2) is 55.4 Å². The minimum atomic E-state index is -0.162. The molecule has 1 spiro atoms. The van der Waals surface area contributed by atoms with Crippen molar-refractivity contribution in [1.82, 2.24) is 10.2 Å². The van der Waals surface area contributed by atoms with Gasteiger partial charge in [0.1, 0.15) is 5.75 Å². The number of likely N-dealkylation sites (tertiary alicyclic amines) is 1. The normalized spacial score (nSPS) is 21.9. The Morgan fingerprint density at radius 3 is 2.61 bits per heavy atom. The van der Waals surface area contributed by atoms with Crippen LogP contribution in [0.15, 0.2) is 48.5 Å². The van der Waals surface area contributed by atoms with Crippen LogP contribution in [-0.2, 0) is 26.2 Å². The van der Waals surface area contributed by atoms with Crippen molar-refractivity contribution in [2.75, 3.05) is 33.4 Å². The summed E-state index contributed by atoms with van der Waals surface area (Å²) in [4.78, 5) is 15.2. The summed E-state index contributed by atoms with van der Waals surface area (Å²) in [6, 6.07) is 15.8. The molecule has 4 rings (SSSR count). The van der Waals surface area contributed by atoms with E-state index in [4.69, 9.17) is 9.47 Å². The first-order chi connectivity index (χ1) is 15.9. The topological polar surface area (TPSA) is 71.0 Å². The number of hydrogen-bond acceptors (Lipinski definition) is 5. The highest BCUT2D eigenvalue weighted by Gasteiger charge is 2.54. The predicted molar refractivity (Wildman–Crippen MR) is 128 cm³/mol. The van der Waals surface area contributed by atoms with Crippen molar-refractivity contribution in [2.24, 2.45) is 5.92 Å². The molecule has 2 aromatic carbocycles. The fourth-order valence-electron chi connectivity index (χ4n) is 5.42. The summed E-state index contributed by atoms with van der Waals surface area (Å²) < 4.78 is 11.8. The summed E-state index contributed by atoms with van der Waals surface area (Å²) >= 11 is 0. The molecule has 2 aromatic rings. The molecule has 6 heteroatoms. The SMILES string of the molecule is COCCO[C@H]1[C@H](NC(=O)C(C)C)c2ccccc2C12CCN(Cc1cccc(O)c1)CC2. The van der Waals surface area contributed by atoms with Gasteiger partial charge in [-0.05, 0) is 54.8 Å². The minimum absolute atomic E-state index is 0.0496. The molecule has 0 aromatic heterocycles. The van der Waals surface area contributed by atoms with Gasteiger partial charge in [-0.15, -0.1) is 0 Å². The monoisotopic (exact) mass is 452 g/mol. The highest BCUT2D eigenvalue weighted by atomic mass is 16.5. The van der Waals surface area contributed by atoms with E-state index in [1.807, 2.05) is 26.0 Å². The maximum Gasteiger partial charge on any atom is 0.223 e. The minimum Gasteiger partial charge on any atom is -0.508 e. The van der Waals surface area contributed by atoms with Gasteiger partial charge in [-0.1, -0.05) is 50.2 Å². The Labute approximate surface area is 196 Å². The number of amides is 1. The number of aromatic hydroxyl groups is 1. The molecule has 178 valence electrons. The number of phenolic OH excluding ortho intramolecular Hbond substituents is 1. The molecule has 2 N–H and O–H groups in total. The Morgan fingerprint density at radius 1 is 1.15 bits per heavy atom.